The lowest BCUT2D eigenvalue weighted by atomic mass is 10.1. The molecule has 0 saturated heterocycles. The molecular weight excluding hydrogens is 460 g/mol. The van der Waals surface area contributed by atoms with E-state index in [-0.39, 0.29) is 24.1 Å². The summed E-state index contributed by atoms with van der Waals surface area (Å²) in [6.45, 7) is 2.17. The Morgan fingerprint density at radius 2 is 2.03 bits per heavy atom. The number of nitrogens with one attached hydrogen (secondary N) is 2. The maximum absolute atomic E-state index is 12.4. The summed E-state index contributed by atoms with van der Waals surface area (Å²) >= 11 is 2.65. The first-order valence-corrected chi connectivity index (χ1v) is 11.8. The minimum absolute atomic E-state index is 0.154. The molecule has 0 atom stereocenters. The highest BCUT2D eigenvalue weighted by atomic mass is 32.2. The number of amides is 2. The van der Waals surface area contributed by atoms with Gasteiger partial charge in [-0.25, -0.2) is 4.98 Å². The van der Waals surface area contributed by atoms with Crippen molar-refractivity contribution in [3.05, 3.63) is 59.4 Å². The van der Waals surface area contributed by atoms with Gasteiger partial charge in [-0.15, -0.1) is 10.2 Å². The van der Waals surface area contributed by atoms with Crippen LogP contribution >= 0.6 is 23.1 Å². The molecule has 0 unspecified atom stereocenters. The number of ether oxygens (including phenoxy) is 1. The van der Waals surface area contributed by atoms with Crippen molar-refractivity contribution in [2.45, 2.75) is 18.6 Å². The van der Waals surface area contributed by atoms with E-state index in [0.29, 0.717) is 21.7 Å². The number of hydrogen-bond donors (Lipinski definition) is 2. The summed E-state index contributed by atoms with van der Waals surface area (Å²) in [5.74, 6) is 1.12. The first kappa shape index (κ1) is 22.7. The minimum Gasteiger partial charge on any atom is -0.497 e. The Morgan fingerprint density at radius 3 is 2.82 bits per heavy atom. The van der Waals surface area contributed by atoms with Gasteiger partial charge in [0.05, 0.1) is 29.6 Å². The number of anilines is 1. The molecule has 2 aromatic carbocycles. The lowest BCUT2D eigenvalue weighted by molar-refractivity contribution is -0.113. The SMILES string of the molecule is COc1ccc2nc(NC(=O)CSc3nnc(CNC(=O)c4cccc(C)c4)n3C)sc2c1. The van der Waals surface area contributed by atoms with E-state index in [0.717, 1.165) is 21.5 Å². The molecule has 2 aromatic heterocycles. The fourth-order valence-corrected chi connectivity index (χ4v) is 4.68. The molecule has 0 saturated carbocycles. The minimum atomic E-state index is -0.191. The van der Waals surface area contributed by atoms with Crippen LogP contribution in [0.2, 0.25) is 0 Å². The third-order valence-electron chi connectivity index (χ3n) is 4.79. The number of carbonyl (C=O) groups is 2. The fraction of sp³-hybridized carbons (Fsp3) is 0.227. The van der Waals surface area contributed by atoms with Crippen molar-refractivity contribution in [3.63, 3.8) is 0 Å². The molecule has 2 heterocycles. The van der Waals surface area contributed by atoms with Crippen molar-refractivity contribution in [1.82, 2.24) is 25.1 Å². The zero-order valence-electron chi connectivity index (χ0n) is 18.3. The van der Waals surface area contributed by atoms with Crippen LogP contribution in [0.3, 0.4) is 0 Å². The topological polar surface area (TPSA) is 111 Å². The van der Waals surface area contributed by atoms with Crippen molar-refractivity contribution in [3.8, 4) is 5.75 Å². The summed E-state index contributed by atoms with van der Waals surface area (Å²) in [6.07, 6.45) is 0. The molecule has 2 N–H and O–H groups in total. The van der Waals surface area contributed by atoms with Crippen molar-refractivity contribution in [2.75, 3.05) is 18.2 Å². The Labute approximate surface area is 198 Å². The molecule has 9 nitrogen and oxygen atoms in total. The zero-order chi connectivity index (χ0) is 23.4. The van der Waals surface area contributed by atoms with Crippen molar-refractivity contribution >= 4 is 50.3 Å². The number of rotatable bonds is 8. The highest BCUT2D eigenvalue weighted by Gasteiger charge is 2.14. The summed E-state index contributed by atoms with van der Waals surface area (Å²) in [5, 5.41) is 15.0. The zero-order valence-corrected chi connectivity index (χ0v) is 19.9. The molecule has 0 bridgehead atoms. The highest BCUT2D eigenvalue weighted by Crippen LogP contribution is 2.29. The molecule has 33 heavy (non-hydrogen) atoms. The number of methoxy groups -OCH3 is 1. The van der Waals surface area contributed by atoms with Crippen LogP contribution in [0.1, 0.15) is 21.7 Å². The Kier molecular flexibility index (Phi) is 6.90. The van der Waals surface area contributed by atoms with E-state index in [1.54, 1.807) is 24.8 Å². The van der Waals surface area contributed by atoms with Gasteiger partial charge in [-0.1, -0.05) is 40.8 Å². The second-order valence-electron chi connectivity index (χ2n) is 7.20. The van der Waals surface area contributed by atoms with Gasteiger partial charge < -0.3 is 19.9 Å². The Morgan fingerprint density at radius 1 is 1.18 bits per heavy atom. The molecule has 4 rings (SSSR count). The van der Waals surface area contributed by atoms with E-state index in [4.69, 9.17) is 4.74 Å². The van der Waals surface area contributed by atoms with Gasteiger partial charge in [0.15, 0.2) is 16.1 Å². The Bertz CT molecular complexity index is 1320. The van der Waals surface area contributed by atoms with E-state index in [1.807, 2.05) is 43.3 Å². The maximum atomic E-state index is 12.4. The number of thiazole rings is 1. The average molecular weight is 483 g/mol. The molecule has 0 fully saturated rings. The van der Waals surface area contributed by atoms with Crippen LogP contribution in [0.4, 0.5) is 5.13 Å². The molecule has 0 aliphatic rings. The smallest absolute Gasteiger partial charge is 0.251 e. The second-order valence-corrected chi connectivity index (χ2v) is 9.17. The molecule has 0 spiro atoms. The van der Waals surface area contributed by atoms with Crippen LogP contribution < -0.4 is 15.4 Å². The summed E-state index contributed by atoms with van der Waals surface area (Å²) in [6, 6.07) is 12.9. The summed E-state index contributed by atoms with van der Waals surface area (Å²) < 4.78 is 7.92. The fourth-order valence-electron chi connectivity index (χ4n) is 3.04. The van der Waals surface area contributed by atoms with Crippen LogP contribution in [0.5, 0.6) is 5.75 Å². The molecular formula is C22H22N6O3S2. The van der Waals surface area contributed by atoms with Crippen molar-refractivity contribution in [2.24, 2.45) is 7.05 Å². The van der Waals surface area contributed by atoms with E-state index >= 15 is 0 Å². The third kappa shape index (κ3) is 5.49. The van der Waals surface area contributed by atoms with Crippen LogP contribution in [-0.2, 0) is 18.4 Å². The normalized spacial score (nSPS) is 10.9. The predicted octanol–water partition coefficient (Wildman–Crippen LogP) is 3.40. The molecule has 0 aliphatic carbocycles. The largest absolute Gasteiger partial charge is 0.497 e. The maximum Gasteiger partial charge on any atom is 0.251 e. The lowest BCUT2D eigenvalue weighted by Crippen LogP contribution is -2.24. The first-order valence-electron chi connectivity index (χ1n) is 10.0. The number of aryl methyl sites for hydroxylation is 1. The quantitative estimate of drug-likeness (QED) is 0.370. The molecule has 2 amide bonds. The number of benzene rings is 2. The summed E-state index contributed by atoms with van der Waals surface area (Å²) in [5.41, 5.74) is 2.41. The molecule has 170 valence electrons. The molecule has 4 aromatic rings. The van der Waals surface area contributed by atoms with E-state index < -0.39 is 0 Å². The van der Waals surface area contributed by atoms with Gasteiger partial charge in [0.25, 0.3) is 5.91 Å². The monoisotopic (exact) mass is 482 g/mol. The number of nitrogens with zero attached hydrogens (tertiary/aromatic N) is 4. The first-order chi connectivity index (χ1) is 15.9. The Hall–Kier alpha value is -3.44. The molecule has 0 aliphatic heterocycles. The number of aromatic nitrogens is 4. The number of carbonyl (C=O) groups excluding carboxylic acids is 2. The number of hydrogen-bond acceptors (Lipinski definition) is 8. The average Bonchev–Trinajstić information content (AvgIpc) is 3.37. The predicted molar refractivity (Wildman–Crippen MR) is 129 cm³/mol. The summed E-state index contributed by atoms with van der Waals surface area (Å²) in [7, 11) is 3.41. The molecule has 11 heteroatoms. The van der Waals surface area contributed by atoms with E-state index in [9.17, 15) is 9.59 Å². The highest BCUT2D eigenvalue weighted by molar-refractivity contribution is 7.99. The van der Waals surface area contributed by atoms with Gasteiger partial charge in [0, 0.05) is 12.6 Å². The van der Waals surface area contributed by atoms with E-state index in [2.05, 4.69) is 25.8 Å². The lowest BCUT2D eigenvalue weighted by Gasteiger charge is -2.06. The van der Waals surface area contributed by atoms with Gasteiger partial charge >= 0.3 is 0 Å². The van der Waals surface area contributed by atoms with Crippen molar-refractivity contribution in [1.29, 1.82) is 0 Å². The van der Waals surface area contributed by atoms with Crippen LogP contribution in [0.25, 0.3) is 10.2 Å². The van der Waals surface area contributed by atoms with Crippen LogP contribution in [-0.4, -0.2) is 44.4 Å². The molecule has 0 radical (unpaired) electrons. The van der Waals surface area contributed by atoms with Gasteiger partial charge in [0.1, 0.15) is 5.75 Å². The summed E-state index contributed by atoms with van der Waals surface area (Å²) in [4.78, 5) is 29.2. The van der Waals surface area contributed by atoms with Gasteiger partial charge in [-0.2, -0.15) is 0 Å². The van der Waals surface area contributed by atoms with Gasteiger partial charge in [-0.05, 0) is 37.3 Å². The van der Waals surface area contributed by atoms with Gasteiger partial charge in [-0.3, -0.25) is 9.59 Å². The standard InChI is InChI=1S/C22H22N6O3S2/c1-13-5-4-6-14(9-13)20(30)23-11-18-26-27-22(28(18)2)32-12-19(29)25-21-24-16-8-7-15(31-3)10-17(16)33-21/h4-10H,11-12H2,1-3H3,(H,23,30)(H,24,25,29). The van der Waals surface area contributed by atoms with Crippen LogP contribution in [0.15, 0.2) is 47.6 Å². The van der Waals surface area contributed by atoms with Crippen molar-refractivity contribution < 1.29 is 14.3 Å². The van der Waals surface area contributed by atoms with Crippen LogP contribution in [0, 0.1) is 6.92 Å². The second kappa shape index (κ2) is 10.0. The number of thioether (sulfide) groups is 1. The van der Waals surface area contributed by atoms with E-state index in [1.165, 1.54) is 23.1 Å². The van der Waals surface area contributed by atoms with Gasteiger partial charge in [0.2, 0.25) is 5.91 Å². The third-order valence-corrected chi connectivity index (χ3v) is 6.74. The Balaban J connectivity index is 1.31. The number of fused-ring (bicyclic) bond motifs is 1.